The number of amides is 9. The van der Waals surface area contributed by atoms with Crippen LogP contribution in [-0.2, 0) is 41.9 Å². The molecule has 1 aromatic heterocycles. The Morgan fingerprint density at radius 1 is 0.855 bits per heavy atom. The number of benzene rings is 3. The number of unbranched alkanes of at least 4 members (excludes halogenated alkanes) is 2. The number of alkyl carbamates (subject to hydrolysis) is 1. The van der Waals surface area contributed by atoms with Crippen LogP contribution in [-0.4, -0.2) is 140 Å². The predicted molar refractivity (Wildman–Crippen MR) is 308 cm³/mol. The van der Waals surface area contributed by atoms with Crippen LogP contribution in [0.1, 0.15) is 109 Å². The minimum absolute atomic E-state index is 0.0468. The summed E-state index contributed by atoms with van der Waals surface area (Å²) in [6.45, 7) is 9.50. The van der Waals surface area contributed by atoms with Gasteiger partial charge in [-0.25, -0.2) is 37.2 Å². The molecule has 24 heteroatoms. The van der Waals surface area contributed by atoms with E-state index in [9.17, 15) is 47.1 Å². The molecule has 448 valence electrons. The van der Waals surface area contributed by atoms with E-state index in [0.717, 1.165) is 28.7 Å². The summed E-state index contributed by atoms with van der Waals surface area (Å²) in [4.78, 5) is 113. The largest absolute Gasteiger partial charge is 0.445 e. The van der Waals surface area contributed by atoms with Crippen molar-refractivity contribution in [2.24, 2.45) is 23.0 Å². The number of ketones is 1. The van der Waals surface area contributed by atoms with Crippen LogP contribution in [0.4, 0.5) is 33.2 Å². The van der Waals surface area contributed by atoms with Crippen LogP contribution in [0.25, 0.3) is 11.4 Å². The fourth-order valence-corrected chi connectivity index (χ4v) is 10.7. The second kappa shape index (κ2) is 31.1. The number of primary amides is 1. The third-order valence-electron chi connectivity index (χ3n) is 14.1. The molecule has 6 N–H and O–H groups in total. The van der Waals surface area contributed by atoms with Gasteiger partial charge in [0.1, 0.15) is 24.9 Å². The van der Waals surface area contributed by atoms with Gasteiger partial charge in [0, 0.05) is 80.8 Å². The molecule has 2 aliphatic rings. The van der Waals surface area contributed by atoms with Crippen LogP contribution < -0.4 is 27.0 Å². The van der Waals surface area contributed by atoms with Gasteiger partial charge in [0.2, 0.25) is 11.8 Å². The second-order valence-electron chi connectivity index (χ2n) is 22.0. The van der Waals surface area contributed by atoms with E-state index in [1.54, 1.807) is 64.4 Å². The summed E-state index contributed by atoms with van der Waals surface area (Å²) in [6.07, 6.45) is 3.41. The number of hydrogen-bond donors (Lipinski definition) is 5. The zero-order chi connectivity index (χ0) is 60.2. The Morgan fingerprint density at radius 2 is 1.55 bits per heavy atom. The molecule has 0 saturated carbocycles. The summed E-state index contributed by atoms with van der Waals surface area (Å²) in [6, 6.07) is 14.8. The lowest BCUT2D eigenvalue weighted by Gasteiger charge is -2.42. The van der Waals surface area contributed by atoms with Gasteiger partial charge in [-0.2, -0.15) is 16.9 Å². The Balaban J connectivity index is 1.08. The number of nitrogens with one attached hydrogen (secondary N) is 4. The van der Waals surface area contributed by atoms with E-state index >= 15 is 4.39 Å². The number of urea groups is 2. The Kier molecular flexibility index (Phi) is 24.1. The number of ether oxygens (including phenoxy) is 1. The molecule has 4 aromatic rings. The van der Waals surface area contributed by atoms with E-state index in [-0.39, 0.29) is 105 Å². The minimum Gasteiger partial charge on any atom is -0.445 e. The number of thioether (sulfide) groups is 1. The zero-order valence-electron chi connectivity index (χ0n) is 47.7. The van der Waals surface area contributed by atoms with E-state index in [1.165, 1.54) is 12.2 Å². The minimum atomic E-state index is -1.10. The van der Waals surface area contributed by atoms with Crippen molar-refractivity contribution in [3.05, 3.63) is 114 Å². The lowest BCUT2D eigenvalue weighted by Crippen LogP contribution is -2.52. The van der Waals surface area contributed by atoms with Gasteiger partial charge in [0.25, 0.3) is 11.8 Å². The van der Waals surface area contributed by atoms with E-state index in [1.807, 2.05) is 51.1 Å². The van der Waals surface area contributed by atoms with Crippen LogP contribution >= 0.6 is 11.8 Å². The number of aromatic nitrogens is 3. The Bertz CT molecular complexity index is 2900. The summed E-state index contributed by atoms with van der Waals surface area (Å²) in [7, 11) is 0. The van der Waals surface area contributed by atoms with E-state index < -0.39 is 65.8 Å². The monoisotopic (exact) mass is 1170 g/mol. The van der Waals surface area contributed by atoms with Crippen LogP contribution in [0.15, 0.2) is 84.9 Å². The molecule has 0 aliphatic carbocycles. The standard InChI is InChI=1S/C59H76F3N11O9S/c1-38(2)51(67-48(75)16-10-7-11-27-71-49(76)23-24-50(71)77)47(74)33-41(15-12-26-64-56(63)79)55(78)65-43-20-17-40(18-21-43)37-82-57(80)66-44(35-60)25-28-72(58(81)70-29-31-83-32-30-70)52(59(3,4)5)54-68-53(45-34-42(61)19-22-46(45)62)69-73(54)36-39-13-8-6-9-14-39/h6,8-9,13-14,17-24,34,38,41,44,51-52H,7,10-12,15-16,25-33,35-37H2,1-5H3,(H,65,78)(H,66,80)(H,67,75)(H3,63,64,79)/t41-,44-,51+,52+/m1/s1. The number of carbonyl (C=O) groups excluding carboxylic acids is 8. The zero-order valence-corrected chi connectivity index (χ0v) is 48.5. The number of anilines is 1. The third kappa shape index (κ3) is 19.4. The van der Waals surface area contributed by atoms with Gasteiger partial charge >= 0.3 is 18.2 Å². The molecule has 0 unspecified atom stereocenters. The molecule has 0 bridgehead atoms. The number of hydrogen-bond acceptors (Lipinski definition) is 12. The first kappa shape index (κ1) is 64.4. The molecule has 4 atom stereocenters. The molecule has 20 nitrogen and oxygen atoms in total. The fraction of sp³-hybridized carbons (Fsp3) is 0.492. The Morgan fingerprint density at radius 3 is 2.20 bits per heavy atom. The number of nitrogens with zero attached hydrogens (tertiary/aromatic N) is 6. The van der Waals surface area contributed by atoms with Gasteiger partial charge in [-0.1, -0.05) is 83.5 Å². The highest BCUT2D eigenvalue weighted by molar-refractivity contribution is 7.99. The van der Waals surface area contributed by atoms with Gasteiger partial charge in [-0.15, -0.1) is 0 Å². The molecule has 2 aliphatic heterocycles. The number of halogens is 3. The molecule has 83 heavy (non-hydrogen) atoms. The highest BCUT2D eigenvalue weighted by Gasteiger charge is 2.41. The molecule has 1 saturated heterocycles. The second-order valence-corrected chi connectivity index (χ2v) is 23.2. The number of alkyl halides is 1. The number of rotatable bonds is 29. The van der Waals surface area contributed by atoms with Crippen molar-refractivity contribution >= 4 is 65.0 Å². The maximum Gasteiger partial charge on any atom is 0.407 e. The van der Waals surface area contributed by atoms with E-state index in [0.29, 0.717) is 67.4 Å². The molecule has 1 fully saturated rings. The van der Waals surface area contributed by atoms with Gasteiger partial charge in [0.05, 0.1) is 30.2 Å². The number of Topliss-reactive ketones (excluding diaryl/α,β-unsaturated/α-hetero) is 1. The van der Waals surface area contributed by atoms with Crippen molar-refractivity contribution in [2.45, 2.75) is 117 Å². The Hall–Kier alpha value is -7.76. The number of carbonyl (C=O) groups is 8. The summed E-state index contributed by atoms with van der Waals surface area (Å²) in [5.74, 6) is -2.90. The Labute approximate surface area is 486 Å². The maximum absolute atomic E-state index is 15.3. The van der Waals surface area contributed by atoms with Gasteiger partial charge < -0.3 is 41.5 Å². The SMILES string of the molecule is CC(C)[C@H](NC(=O)CCCCCN1C(=O)C=CC1=O)C(=O)C[C@@H](CCCNC(N)=O)C(=O)Nc1ccc(COC(=O)N[C@@H](CF)CCN(C(=O)N2CCSCC2)[C@@H](c2nc(-c3cc(F)ccc3F)nn2Cc2ccccc2)C(C)(C)C)cc1. The molecule has 3 heterocycles. The summed E-state index contributed by atoms with van der Waals surface area (Å²) in [5, 5.41) is 15.4. The highest BCUT2D eigenvalue weighted by Crippen LogP contribution is 2.40. The van der Waals surface area contributed by atoms with Gasteiger partial charge in [0.15, 0.2) is 17.4 Å². The van der Waals surface area contributed by atoms with Crippen molar-refractivity contribution in [3.63, 3.8) is 0 Å². The fourth-order valence-electron chi connectivity index (χ4n) is 9.75. The lowest BCUT2D eigenvalue weighted by molar-refractivity contribution is -0.137. The quantitative estimate of drug-likeness (QED) is 0.0255. The van der Waals surface area contributed by atoms with Crippen molar-refractivity contribution in [1.82, 2.24) is 45.4 Å². The molecule has 6 rings (SSSR count). The topological polar surface area (TPSA) is 260 Å². The molecular weight excluding hydrogens is 1100 g/mol. The summed E-state index contributed by atoms with van der Waals surface area (Å²) in [5.41, 5.74) is 6.04. The summed E-state index contributed by atoms with van der Waals surface area (Å²) >= 11 is 1.72. The highest BCUT2D eigenvalue weighted by atomic mass is 32.2. The third-order valence-corrected chi connectivity index (χ3v) is 15.1. The lowest BCUT2D eigenvalue weighted by atomic mass is 9.84. The van der Waals surface area contributed by atoms with Crippen molar-refractivity contribution in [1.29, 1.82) is 0 Å². The molecular formula is C59H76F3N11O9S. The van der Waals surface area contributed by atoms with Gasteiger partial charge in [-0.05, 0) is 84.9 Å². The van der Waals surface area contributed by atoms with Crippen LogP contribution in [0.3, 0.4) is 0 Å². The van der Waals surface area contributed by atoms with Crippen LogP contribution in [0, 0.1) is 28.9 Å². The van der Waals surface area contributed by atoms with Gasteiger partial charge in [-0.3, -0.25) is 28.9 Å². The van der Waals surface area contributed by atoms with E-state index in [2.05, 4.69) is 21.3 Å². The molecule has 0 radical (unpaired) electrons. The average molecular weight is 1170 g/mol. The van der Waals surface area contributed by atoms with Crippen molar-refractivity contribution in [3.8, 4) is 11.4 Å². The first-order valence-electron chi connectivity index (χ1n) is 28.0. The number of nitrogens with two attached hydrogens (primary N) is 1. The molecule has 9 amide bonds. The van der Waals surface area contributed by atoms with Crippen molar-refractivity contribution < 1.29 is 56.3 Å². The normalized spacial score (nSPS) is 14.9. The maximum atomic E-state index is 15.3. The molecule has 0 spiro atoms. The number of imide groups is 1. The first-order chi connectivity index (χ1) is 39.6. The van der Waals surface area contributed by atoms with Crippen LogP contribution in [0.5, 0.6) is 0 Å². The predicted octanol–water partition coefficient (Wildman–Crippen LogP) is 8.07. The summed E-state index contributed by atoms with van der Waals surface area (Å²) < 4.78 is 52.0. The molecule has 3 aromatic carbocycles. The van der Waals surface area contributed by atoms with Crippen molar-refractivity contribution in [2.75, 3.05) is 56.2 Å². The average Bonchev–Trinajstić information content (AvgIpc) is 3.80. The first-order valence-corrected chi connectivity index (χ1v) is 29.1. The smallest absolute Gasteiger partial charge is 0.407 e. The van der Waals surface area contributed by atoms with E-state index in [4.69, 9.17) is 20.6 Å². The van der Waals surface area contributed by atoms with Crippen LogP contribution in [0.2, 0.25) is 0 Å².